The van der Waals surface area contributed by atoms with Crippen molar-refractivity contribution in [1.29, 1.82) is 0 Å². The van der Waals surface area contributed by atoms with E-state index in [1.807, 2.05) is 25.7 Å². The summed E-state index contributed by atoms with van der Waals surface area (Å²) < 4.78 is 5.49. The minimum atomic E-state index is -0.430. The van der Waals surface area contributed by atoms with E-state index in [4.69, 9.17) is 4.74 Å². The molecule has 0 radical (unpaired) electrons. The zero-order valence-electron chi connectivity index (χ0n) is 15.3. The summed E-state index contributed by atoms with van der Waals surface area (Å²) in [5.41, 5.74) is 3.54. The summed E-state index contributed by atoms with van der Waals surface area (Å²) in [7, 11) is 2.17. The summed E-state index contributed by atoms with van der Waals surface area (Å²) in [4.78, 5) is 16.4. The molecule has 1 amide bonds. The third kappa shape index (κ3) is 3.60. The number of hydrogen-bond acceptors (Lipinski definition) is 4. The van der Waals surface area contributed by atoms with Crippen LogP contribution in [0.5, 0.6) is 0 Å². The van der Waals surface area contributed by atoms with Crippen molar-refractivity contribution in [2.24, 2.45) is 0 Å². The van der Waals surface area contributed by atoms with E-state index < -0.39 is 5.60 Å². The highest BCUT2D eigenvalue weighted by atomic mass is 16.6. The summed E-state index contributed by atoms with van der Waals surface area (Å²) in [5, 5.41) is 3.50. The molecule has 2 aliphatic heterocycles. The number of rotatable bonds is 1. The van der Waals surface area contributed by atoms with Crippen molar-refractivity contribution in [3.63, 3.8) is 0 Å². The normalized spacial score (nSPS) is 18.8. The number of piperidine rings is 1. The number of para-hydroxylation sites is 1. The van der Waals surface area contributed by atoms with Gasteiger partial charge in [0.05, 0.1) is 11.4 Å². The number of hydrogen-bond donors (Lipinski definition) is 1. The Morgan fingerprint density at radius 3 is 2.58 bits per heavy atom. The minimum absolute atomic E-state index is 0.185. The van der Waals surface area contributed by atoms with Crippen LogP contribution in [-0.2, 0) is 4.74 Å². The molecule has 5 nitrogen and oxygen atoms in total. The summed E-state index contributed by atoms with van der Waals surface area (Å²) in [6.45, 7) is 9.29. The number of likely N-dealkylation sites (N-methyl/N-ethyl adjacent to an activating group) is 1. The number of amides is 1. The van der Waals surface area contributed by atoms with Crippen LogP contribution in [0.2, 0.25) is 0 Å². The van der Waals surface area contributed by atoms with Gasteiger partial charge in [-0.25, -0.2) is 4.79 Å². The van der Waals surface area contributed by atoms with Gasteiger partial charge in [-0.2, -0.15) is 0 Å². The first-order chi connectivity index (χ1) is 11.3. The predicted octanol–water partition coefficient (Wildman–Crippen LogP) is 3.66. The third-order valence-electron chi connectivity index (χ3n) is 4.80. The quantitative estimate of drug-likeness (QED) is 0.853. The van der Waals surface area contributed by atoms with E-state index >= 15 is 0 Å². The molecule has 1 fully saturated rings. The molecule has 0 spiro atoms. The highest BCUT2D eigenvalue weighted by molar-refractivity contribution is 5.76. The van der Waals surface area contributed by atoms with Gasteiger partial charge in [-0.3, -0.25) is 0 Å². The lowest BCUT2D eigenvalue weighted by molar-refractivity contribution is 0.0205. The molecule has 0 unspecified atom stereocenters. The van der Waals surface area contributed by atoms with Crippen molar-refractivity contribution >= 4 is 17.5 Å². The topological polar surface area (TPSA) is 44.8 Å². The molecule has 0 saturated carbocycles. The zero-order valence-corrected chi connectivity index (χ0v) is 15.3. The molecule has 0 aromatic heterocycles. The van der Waals surface area contributed by atoms with Gasteiger partial charge in [0.1, 0.15) is 5.60 Å². The van der Waals surface area contributed by atoms with Crippen LogP contribution in [0.1, 0.15) is 45.1 Å². The zero-order chi connectivity index (χ0) is 17.3. The number of nitrogens with zero attached hydrogens (tertiary/aromatic N) is 2. The van der Waals surface area contributed by atoms with Crippen LogP contribution in [0.4, 0.5) is 16.2 Å². The summed E-state index contributed by atoms with van der Waals surface area (Å²) >= 11 is 0. The lowest BCUT2D eigenvalue weighted by Crippen LogP contribution is -2.41. The maximum atomic E-state index is 12.2. The summed E-state index contributed by atoms with van der Waals surface area (Å²) in [5.74, 6) is 0.501. The van der Waals surface area contributed by atoms with Crippen molar-refractivity contribution in [2.45, 2.75) is 45.1 Å². The Morgan fingerprint density at radius 2 is 1.92 bits per heavy atom. The Kier molecular flexibility index (Phi) is 4.61. The molecule has 2 heterocycles. The van der Waals surface area contributed by atoms with Gasteiger partial charge in [-0.05, 0) is 51.2 Å². The molecule has 3 rings (SSSR count). The number of nitrogens with one attached hydrogen (secondary N) is 1. The fraction of sp³-hybridized carbons (Fsp3) is 0.632. The van der Waals surface area contributed by atoms with Gasteiger partial charge < -0.3 is 19.9 Å². The first-order valence-electron chi connectivity index (χ1n) is 8.91. The Balaban J connectivity index is 1.69. The average Bonchev–Trinajstić information content (AvgIpc) is 2.53. The van der Waals surface area contributed by atoms with Crippen molar-refractivity contribution in [3.05, 3.63) is 23.8 Å². The molecule has 0 bridgehead atoms. The molecule has 1 N–H and O–H groups in total. The SMILES string of the molecule is CN1CCNc2cccc(C3CCN(C(=O)OC(C)(C)C)CC3)c21. The monoisotopic (exact) mass is 331 g/mol. The van der Waals surface area contributed by atoms with Crippen LogP contribution in [0, 0.1) is 0 Å². The second-order valence-electron chi connectivity index (χ2n) is 7.83. The largest absolute Gasteiger partial charge is 0.444 e. The Hall–Kier alpha value is -1.91. The van der Waals surface area contributed by atoms with Crippen molar-refractivity contribution in [2.75, 3.05) is 43.4 Å². The van der Waals surface area contributed by atoms with E-state index in [2.05, 4.69) is 35.5 Å². The Bertz CT molecular complexity index is 601. The highest BCUT2D eigenvalue weighted by Crippen LogP contribution is 2.40. The number of fused-ring (bicyclic) bond motifs is 1. The number of benzene rings is 1. The molecule has 1 aromatic carbocycles. The van der Waals surface area contributed by atoms with Gasteiger partial charge in [0.2, 0.25) is 0 Å². The lowest BCUT2D eigenvalue weighted by Gasteiger charge is -2.37. The maximum absolute atomic E-state index is 12.2. The third-order valence-corrected chi connectivity index (χ3v) is 4.80. The number of anilines is 2. The molecule has 1 saturated heterocycles. The van der Waals surface area contributed by atoms with Gasteiger partial charge in [0.25, 0.3) is 0 Å². The second kappa shape index (κ2) is 6.54. The fourth-order valence-electron chi connectivity index (χ4n) is 3.63. The van der Waals surface area contributed by atoms with Gasteiger partial charge in [0, 0.05) is 33.2 Å². The summed E-state index contributed by atoms with van der Waals surface area (Å²) in [6, 6.07) is 6.54. The molecular formula is C19H29N3O2. The molecule has 1 aromatic rings. The number of carbonyl (C=O) groups is 1. The van der Waals surface area contributed by atoms with Crippen molar-refractivity contribution in [1.82, 2.24) is 4.90 Å². The van der Waals surface area contributed by atoms with Crippen LogP contribution in [-0.4, -0.2) is 49.8 Å². The Labute approximate surface area is 145 Å². The molecular weight excluding hydrogens is 302 g/mol. The van der Waals surface area contributed by atoms with E-state index in [0.29, 0.717) is 5.92 Å². The summed E-state index contributed by atoms with van der Waals surface area (Å²) in [6.07, 6.45) is 1.79. The maximum Gasteiger partial charge on any atom is 0.410 e. The minimum Gasteiger partial charge on any atom is -0.444 e. The smallest absolute Gasteiger partial charge is 0.410 e. The first kappa shape index (κ1) is 16.9. The molecule has 2 aliphatic rings. The molecule has 24 heavy (non-hydrogen) atoms. The molecule has 0 aliphatic carbocycles. The van der Waals surface area contributed by atoms with Gasteiger partial charge in [0.15, 0.2) is 0 Å². The Morgan fingerprint density at radius 1 is 1.21 bits per heavy atom. The van der Waals surface area contributed by atoms with Crippen LogP contribution in [0.25, 0.3) is 0 Å². The predicted molar refractivity (Wildman–Crippen MR) is 98.0 cm³/mol. The number of carbonyl (C=O) groups excluding carboxylic acids is 1. The highest BCUT2D eigenvalue weighted by Gasteiger charge is 2.29. The lowest BCUT2D eigenvalue weighted by atomic mass is 9.87. The molecule has 0 atom stereocenters. The van der Waals surface area contributed by atoms with Gasteiger partial charge in [-0.1, -0.05) is 12.1 Å². The van der Waals surface area contributed by atoms with E-state index in [1.54, 1.807) is 0 Å². The van der Waals surface area contributed by atoms with Crippen LogP contribution < -0.4 is 10.2 Å². The number of ether oxygens (including phenoxy) is 1. The fourth-order valence-corrected chi connectivity index (χ4v) is 3.63. The van der Waals surface area contributed by atoms with E-state index in [9.17, 15) is 4.79 Å². The van der Waals surface area contributed by atoms with Crippen molar-refractivity contribution < 1.29 is 9.53 Å². The van der Waals surface area contributed by atoms with Gasteiger partial charge in [-0.15, -0.1) is 0 Å². The van der Waals surface area contributed by atoms with Crippen LogP contribution in [0.3, 0.4) is 0 Å². The average molecular weight is 331 g/mol. The molecule has 132 valence electrons. The van der Waals surface area contributed by atoms with E-state index in [-0.39, 0.29) is 6.09 Å². The number of likely N-dealkylation sites (tertiary alicyclic amines) is 1. The van der Waals surface area contributed by atoms with Gasteiger partial charge >= 0.3 is 6.09 Å². The van der Waals surface area contributed by atoms with E-state index in [0.717, 1.165) is 39.0 Å². The van der Waals surface area contributed by atoms with E-state index in [1.165, 1.54) is 16.9 Å². The standard InChI is InChI=1S/C19H29N3O2/c1-19(2,3)24-18(23)22-11-8-14(9-12-22)15-6-5-7-16-17(15)21(4)13-10-20-16/h5-7,14,20H,8-13H2,1-4H3. The first-order valence-corrected chi connectivity index (χ1v) is 8.91. The van der Waals surface area contributed by atoms with Crippen LogP contribution in [0.15, 0.2) is 18.2 Å². The van der Waals surface area contributed by atoms with Crippen molar-refractivity contribution in [3.8, 4) is 0 Å². The molecule has 5 heteroatoms. The second-order valence-corrected chi connectivity index (χ2v) is 7.83. The van der Waals surface area contributed by atoms with Crippen LogP contribution >= 0.6 is 0 Å².